The van der Waals surface area contributed by atoms with Crippen LogP contribution in [-0.4, -0.2) is 35.8 Å². The number of aryl methyl sites for hydroxylation is 1. The molecule has 3 aromatic heterocycles. The standard InChI is InChI=1S/C18H24N8O2/c1-5-13(16-21-10-22-26(16)4)23-14-7-6-12(8-19-14)17(27)20-9-15-24-18(11(2)3)28-25-15/h6-8,10-11,13H,5,9H2,1-4H3,(H,19,23)(H,20,27)/t13-/m0/s1. The minimum absolute atomic E-state index is 0.0203. The van der Waals surface area contributed by atoms with E-state index in [0.717, 1.165) is 12.2 Å². The fraction of sp³-hybridized carbons (Fsp3) is 0.444. The summed E-state index contributed by atoms with van der Waals surface area (Å²) in [5, 5.41) is 14.0. The van der Waals surface area contributed by atoms with Crippen LogP contribution in [0.15, 0.2) is 29.2 Å². The van der Waals surface area contributed by atoms with Crippen LogP contribution in [-0.2, 0) is 13.6 Å². The molecule has 0 aromatic carbocycles. The van der Waals surface area contributed by atoms with Crippen LogP contribution in [0.4, 0.5) is 5.82 Å². The SMILES string of the molecule is CC[C@H](Nc1ccc(C(=O)NCc2noc(C(C)C)n2)cn1)c1ncnn1C. The maximum Gasteiger partial charge on any atom is 0.253 e. The molecule has 0 saturated heterocycles. The second-order valence-corrected chi connectivity index (χ2v) is 6.67. The van der Waals surface area contributed by atoms with Gasteiger partial charge in [-0.25, -0.2) is 9.97 Å². The minimum atomic E-state index is -0.254. The van der Waals surface area contributed by atoms with Crippen LogP contribution in [0, 0.1) is 0 Å². The summed E-state index contributed by atoms with van der Waals surface area (Å²) in [6.45, 7) is 6.17. The van der Waals surface area contributed by atoms with E-state index in [1.165, 1.54) is 12.5 Å². The van der Waals surface area contributed by atoms with Gasteiger partial charge in [0.25, 0.3) is 5.91 Å². The molecular weight excluding hydrogens is 360 g/mol. The van der Waals surface area contributed by atoms with Gasteiger partial charge in [0.2, 0.25) is 5.89 Å². The molecule has 0 fully saturated rings. The summed E-state index contributed by atoms with van der Waals surface area (Å²) in [6.07, 6.45) is 3.87. The number of hydrogen-bond donors (Lipinski definition) is 2. The Morgan fingerprint density at radius 1 is 1.29 bits per heavy atom. The Balaban J connectivity index is 1.58. The van der Waals surface area contributed by atoms with Gasteiger partial charge in [-0.3, -0.25) is 9.48 Å². The van der Waals surface area contributed by atoms with E-state index in [9.17, 15) is 4.79 Å². The first kappa shape index (κ1) is 19.5. The molecule has 0 aliphatic heterocycles. The van der Waals surface area contributed by atoms with Crippen LogP contribution in [0.3, 0.4) is 0 Å². The number of pyridine rings is 1. The molecule has 28 heavy (non-hydrogen) atoms. The molecule has 0 radical (unpaired) electrons. The van der Waals surface area contributed by atoms with E-state index in [1.807, 2.05) is 20.9 Å². The van der Waals surface area contributed by atoms with Gasteiger partial charge in [0.15, 0.2) is 5.82 Å². The summed E-state index contributed by atoms with van der Waals surface area (Å²) in [5.74, 6) is 2.37. The number of rotatable bonds is 8. The first-order valence-electron chi connectivity index (χ1n) is 9.15. The highest BCUT2D eigenvalue weighted by Crippen LogP contribution is 2.19. The van der Waals surface area contributed by atoms with Crippen LogP contribution in [0.2, 0.25) is 0 Å². The fourth-order valence-electron chi connectivity index (χ4n) is 2.60. The average Bonchev–Trinajstić information content (AvgIpc) is 3.34. The third-order valence-electron chi connectivity index (χ3n) is 4.20. The van der Waals surface area contributed by atoms with Gasteiger partial charge in [-0.15, -0.1) is 0 Å². The zero-order chi connectivity index (χ0) is 20.1. The molecule has 148 valence electrons. The van der Waals surface area contributed by atoms with Gasteiger partial charge in [0, 0.05) is 19.2 Å². The van der Waals surface area contributed by atoms with Gasteiger partial charge in [-0.05, 0) is 18.6 Å². The highest BCUT2D eigenvalue weighted by molar-refractivity contribution is 5.93. The van der Waals surface area contributed by atoms with E-state index in [0.29, 0.717) is 23.1 Å². The zero-order valence-corrected chi connectivity index (χ0v) is 16.4. The third-order valence-corrected chi connectivity index (χ3v) is 4.20. The summed E-state index contributed by atoms with van der Waals surface area (Å²) in [4.78, 5) is 25.1. The lowest BCUT2D eigenvalue weighted by Gasteiger charge is -2.16. The van der Waals surface area contributed by atoms with E-state index in [-0.39, 0.29) is 24.4 Å². The normalized spacial score (nSPS) is 12.2. The van der Waals surface area contributed by atoms with Crippen molar-refractivity contribution in [1.82, 2.24) is 35.2 Å². The largest absolute Gasteiger partial charge is 0.360 e. The molecule has 0 saturated carbocycles. The molecule has 3 heterocycles. The molecule has 10 heteroatoms. The zero-order valence-electron chi connectivity index (χ0n) is 16.4. The summed E-state index contributed by atoms with van der Waals surface area (Å²) in [7, 11) is 1.85. The third kappa shape index (κ3) is 4.51. The van der Waals surface area contributed by atoms with Crippen molar-refractivity contribution in [3.05, 3.63) is 47.8 Å². The van der Waals surface area contributed by atoms with E-state index in [4.69, 9.17) is 4.52 Å². The summed E-state index contributed by atoms with van der Waals surface area (Å²) >= 11 is 0. The molecule has 3 aromatic rings. The molecule has 0 aliphatic rings. The Labute approximate surface area is 162 Å². The number of anilines is 1. The minimum Gasteiger partial charge on any atom is -0.360 e. The quantitative estimate of drug-likeness (QED) is 0.606. The van der Waals surface area contributed by atoms with Gasteiger partial charge in [0.05, 0.1) is 18.2 Å². The van der Waals surface area contributed by atoms with Crippen molar-refractivity contribution >= 4 is 11.7 Å². The average molecular weight is 384 g/mol. The Bertz CT molecular complexity index is 916. The molecule has 1 atom stereocenters. The lowest BCUT2D eigenvalue weighted by Crippen LogP contribution is -2.23. The molecule has 0 unspecified atom stereocenters. The molecule has 0 bridgehead atoms. The van der Waals surface area contributed by atoms with Gasteiger partial charge in [-0.1, -0.05) is 25.9 Å². The van der Waals surface area contributed by atoms with Gasteiger partial charge < -0.3 is 15.2 Å². The van der Waals surface area contributed by atoms with E-state index in [2.05, 4.69) is 42.8 Å². The Morgan fingerprint density at radius 3 is 2.68 bits per heavy atom. The number of nitrogens with zero attached hydrogens (tertiary/aromatic N) is 6. The lowest BCUT2D eigenvalue weighted by molar-refractivity contribution is 0.0949. The topological polar surface area (TPSA) is 124 Å². The van der Waals surface area contributed by atoms with Crippen LogP contribution in [0.5, 0.6) is 0 Å². The maximum atomic E-state index is 12.3. The fourth-order valence-corrected chi connectivity index (χ4v) is 2.60. The van der Waals surface area contributed by atoms with Crippen molar-refractivity contribution in [1.29, 1.82) is 0 Å². The molecule has 3 rings (SSSR count). The number of carbonyl (C=O) groups is 1. The monoisotopic (exact) mass is 384 g/mol. The van der Waals surface area contributed by atoms with Crippen molar-refractivity contribution < 1.29 is 9.32 Å². The molecular formula is C18H24N8O2. The first-order valence-corrected chi connectivity index (χ1v) is 9.15. The number of aromatic nitrogens is 6. The van der Waals surface area contributed by atoms with Gasteiger partial charge in [0.1, 0.15) is 18.0 Å². The molecule has 10 nitrogen and oxygen atoms in total. The highest BCUT2D eigenvalue weighted by Gasteiger charge is 2.16. The summed E-state index contributed by atoms with van der Waals surface area (Å²) < 4.78 is 6.85. The first-order chi connectivity index (χ1) is 13.5. The molecule has 1 amide bonds. The maximum absolute atomic E-state index is 12.3. The van der Waals surface area contributed by atoms with Crippen LogP contribution in [0.1, 0.15) is 67.0 Å². The lowest BCUT2D eigenvalue weighted by atomic mass is 10.2. The van der Waals surface area contributed by atoms with Crippen molar-refractivity contribution in [2.75, 3.05) is 5.32 Å². The van der Waals surface area contributed by atoms with Crippen LogP contribution in [0.25, 0.3) is 0 Å². The highest BCUT2D eigenvalue weighted by atomic mass is 16.5. The predicted octanol–water partition coefficient (Wildman–Crippen LogP) is 2.21. The second-order valence-electron chi connectivity index (χ2n) is 6.67. The van der Waals surface area contributed by atoms with E-state index < -0.39 is 0 Å². The van der Waals surface area contributed by atoms with Crippen molar-refractivity contribution in [3.8, 4) is 0 Å². The van der Waals surface area contributed by atoms with E-state index in [1.54, 1.807) is 16.8 Å². The predicted molar refractivity (Wildman–Crippen MR) is 101 cm³/mol. The Morgan fingerprint density at radius 2 is 2.11 bits per heavy atom. The Kier molecular flexibility index (Phi) is 5.97. The summed E-state index contributed by atoms with van der Waals surface area (Å²) in [5.41, 5.74) is 0.449. The number of amides is 1. The van der Waals surface area contributed by atoms with Crippen molar-refractivity contribution in [3.63, 3.8) is 0 Å². The number of hydrogen-bond acceptors (Lipinski definition) is 8. The smallest absolute Gasteiger partial charge is 0.253 e. The van der Waals surface area contributed by atoms with Crippen molar-refractivity contribution in [2.24, 2.45) is 7.05 Å². The molecule has 2 N–H and O–H groups in total. The van der Waals surface area contributed by atoms with Gasteiger partial charge >= 0.3 is 0 Å². The van der Waals surface area contributed by atoms with Crippen LogP contribution < -0.4 is 10.6 Å². The molecule has 0 aliphatic carbocycles. The van der Waals surface area contributed by atoms with E-state index >= 15 is 0 Å². The Hall–Kier alpha value is -3.30. The molecule has 0 spiro atoms. The van der Waals surface area contributed by atoms with Crippen LogP contribution >= 0.6 is 0 Å². The summed E-state index contributed by atoms with van der Waals surface area (Å²) in [6, 6.07) is 3.45. The number of carbonyl (C=O) groups excluding carboxylic acids is 1. The second kappa shape index (κ2) is 8.59. The van der Waals surface area contributed by atoms with Gasteiger partial charge in [-0.2, -0.15) is 10.1 Å². The number of nitrogens with one attached hydrogen (secondary N) is 2. The van der Waals surface area contributed by atoms with Crippen molar-refractivity contribution in [2.45, 2.75) is 45.7 Å².